The third-order valence-electron chi connectivity index (χ3n) is 2.59. The molecule has 1 N–H and O–H groups in total. The molecule has 2 aliphatic rings. The minimum absolute atomic E-state index is 0.314. The Kier molecular flexibility index (Phi) is 5.33. The fourth-order valence-corrected chi connectivity index (χ4v) is 1.49. The van der Waals surface area contributed by atoms with Gasteiger partial charge in [-0.25, -0.2) is 4.79 Å². The third kappa shape index (κ3) is 3.39. The number of hydrogen-bond acceptors (Lipinski definition) is 5. The van der Waals surface area contributed by atoms with E-state index < -0.39 is 6.04 Å². The fourth-order valence-electron chi connectivity index (χ4n) is 1.49. The summed E-state index contributed by atoms with van der Waals surface area (Å²) < 4.78 is 9.89. The first-order valence-corrected chi connectivity index (χ1v) is 5.40. The fraction of sp³-hybridized carbons (Fsp3) is 0.800. The maximum absolute atomic E-state index is 11.1. The molecule has 2 rings (SSSR count). The third-order valence-corrected chi connectivity index (χ3v) is 2.59. The lowest BCUT2D eigenvalue weighted by molar-refractivity contribution is -0.128. The summed E-state index contributed by atoms with van der Waals surface area (Å²) >= 11 is 0. The van der Waals surface area contributed by atoms with Crippen LogP contribution in [0.2, 0.25) is 0 Å². The zero-order chi connectivity index (χ0) is 12.8. The van der Waals surface area contributed by atoms with Gasteiger partial charge in [-0.2, -0.15) is 0 Å². The molecule has 2 saturated heterocycles. The van der Waals surface area contributed by atoms with Gasteiger partial charge in [-0.3, -0.25) is 9.69 Å². The van der Waals surface area contributed by atoms with E-state index >= 15 is 0 Å². The molecular formula is C10H18N2O5. The SMILES string of the molecule is C1COCCO1.CN1C(=O)C(CO)N(C)C1=O. The van der Waals surface area contributed by atoms with Crippen molar-refractivity contribution < 1.29 is 24.2 Å². The Labute approximate surface area is 99.9 Å². The zero-order valence-corrected chi connectivity index (χ0v) is 10.1. The van der Waals surface area contributed by atoms with E-state index in [1.165, 1.54) is 19.0 Å². The maximum Gasteiger partial charge on any atom is 0.326 e. The highest BCUT2D eigenvalue weighted by atomic mass is 16.6. The van der Waals surface area contributed by atoms with E-state index in [2.05, 4.69) is 0 Å². The Hall–Kier alpha value is -1.18. The summed E-state index contributed by atoms with van der Waals surface area (Å²) in [6.07, 6.45) is 0. The number of carbonyl (C=O) groups excluding carboxylic acids is 2. The number of amides is 3. The lowest BCUT2D eigenvalue weighted by atomic mass is 10.3. The van der Waals surface area contributed by atoms with E-state index in [1.807, 2.05) is 0 Å². The Balaban J connectivity index is 0.000000202. The molecular weight excluding hydrogens is 228 g/mol. The number of aliphatic hydroxyl groups excluding tert-OH is 1. The van der Waals surface area contributed by atoms with Gasteiger partial charge < -0.3 is 19.5 Å². The molecule has 0 aromatic rings. The first-order chi connectivity index (χ1) is 8.09. The number of nitrogens with zero attached hydrogens (tertiary/aromatic N) is 2. The van der Waals surface area contributed by atoms with E-state index in [1.54, 1.807) is 0 Å². The van der Waals surface area contributed by atoms with Gasteiger partial charge in [-0.1, -0.05) is 0 Å². The second-order valence-electron chi connectivity index (χ2n) is 3.71. The normalized spacial score (nSPS) is 24.8. The van der Waals surface area contributed by atoms with E-state index in [4.69, 9.17) is 14.6 Å². The molecule has 0 saturated carbocycles. The van der Waals surface area contributed by atoms with Gasteiger partial charge in [0.1, 0.15) is 6.04 Å². The topological polar surface area (TPSA) is 79.3 Å². The van der Waals surface area contributed by atoms with Gasteiger partial charge >= 0.3 is 6.03 Å². The van der Waals surface area contributed by atoms with Gasteiger partial charge in [0.2, 0.25) is 0 Å². The first kappa shape index (κ1) is 13.9. The van der Waals surface area contributed by atoms with Gasteiger partial charge in [-0.15, -0.1) is 0 Å². The van der Waals surface area contributed by atoms with Crippen LogP contribution in [0, 0.1) is 0 Å². The quantitative estimate of drug-likeness (QED) is 0.594. The minimum atomic E-state index is -0.688. The van der Waals surface area contributed by atoms with Crippen LogP contribution in [0.15, 0.2) is 0 Å². The highest BCUT2D eigenvalue weighted by molar-refractivity contribution is 6.03. The van der Waals surface area contributed by atoms with Gasteiger partial charge in [-0.05, 0) is 0 Å². The van der Waals surface area contributed by atoms with Crippen molar-refractivity contribution in [3.63, 3.8) is 0 Å². The van der Waals surface area contributed by atoms with Crippen molar-refractivity contribution in [2.24, 2.45) is 0 Å². The summed E-state index contributed by atoms with van der Waals surface area (Å²) in [5, 5.41) is 8.70. The van der Waals surface area contributed by atoms with Crippen molar-refractivity contribution in [2.75, 3.05) is 47.1 Å². The largest absolute Gasteiger partial charge is 0.394 e. The van der Waals surface area contributed by atoms with Gasteiger partial charge in [0, 0.05) is 14.1 Å². The van der Waals surface area contributed by atoms with Crippen LogP contribution in [0.25, 0.3) is 0 Å². The van der Waals surface area contributed by atoms with E-state index in [9.17, 15) is 9.59 Å². The van der Waals surface area contributed by atoms with Crippen LogP contribution in [0.1, 0.15) is 0 Å². The molecule has 2 heterocycles. The monoisotopic (exact) mass is 246 g/mol. The number of imide groups is 1. The van der Waals surface area contributed by atoms with E-state index in [0.717, 1.165) is 31.3 Å². The lowest BCUT2D eigenvalue weighted by Crippen LogP contribution is -2.34. The minimum Gasteiger partial charge on any atom is -0.394 e. The molecule has 2 aliphatic heterocycles. The van der Waals surface area contributed by atoms with Crippen molar-refractivity contribution in [3.8, 4) is 0 Å². The summed E-state index contributed by atoms with van der Waals surface area (Å²) in [5.41, 5.74) is 0. The number of rotatable bonds is 1. The number of hydrogen-bond donors (Lipinski definition) is 1. The molecule has 0 radical (unpaired) electrons. The van der Waals surface area contributed by atoms with Crippen molar-refractivity contribution in [2.45, 2.75) is 6.04 Å². The van der Waals surface area contributed by atoms with Crippen LogP contribution < -0.4 is 0 Å². The summed E-state index contributed by atoms with van der Waals surface area (Å²) in [6, 6.07) is -1.05. The van der Waals surface area contributed by atoms with Crippen LogP contribution in [0.4, 0.5) is 4.79 Å². The van der Waals surface area contributed by atoms with Crippen LogP contribution in [0.5, 0.6) is 0 Å². The lowest BCUT2D eigenvalue weighted by Gasteiger charge is -2.12. The van der Waals surface area contributed by atoms with Gasteiger partial charge in [0.25, 0.3) is 5.91 Å². The molecule has 7 nitrogen and oxygen atoms in total. The molecule has 0 bridgehead atoms. The molecule has 3 amide bonds. The highest BCUT2D eigenvalue weighted by Crippen LogP contribution is 2.12. The smallest absolute Gasteiger partial charge is 0.326 e. The standard InChI is InChI=1S/C6H10N2O3.C4H8O2/c1-7-4(3-9)5(10)8(2)6(7)11;1-2-6-4-3-5-1/h4,9H,3H2,1-2H3;1-4H2. The van der Waals surface area contributed by atoms with Crippen LogP contribution >= 0.6 is 0 Å². The van der Waals surface area contributed by atoms with Crippen LogP contribution in [0.3, 0.4) is 0 Å². The van der Waals surface area contributed by atoms with Crippen molar-refractivity contribution in [3.05, 3.63) is 0 Å². The molecule has 0 aromatic carbocycles. The molecule has 17 heavy (non-hydrogen) atoms. The predicted molar refractivity (Wildman–Crippen MR) is 58.4 cm³/mol. The maximum atomic E-state index is 11.1. The Bertz CT molecular complexity index is 268. The summed E-state index contributed by atoms with van der Waals surface area (Å²) in [5.74, 6) is -0.347. The van der Waals surface area contributed by atoms with Crippen LogP contribution in [-0.2, 0) is 14.3 Å². The van der Waals surface area contributed by atoms with Crippen molar-refractivity contribution in [1.82, 2.24) is 9.80 Å². The summed E-state index contributed by atoms with van der Waals surface area (Å²) in [6.45, 7) is 2.80. The van der Waals surface area contributed by atoms with E-state index in [-0.39, 0.29) is 18.5 Å². The molecule has 7 heteroatoms. The average Bonchev–Trinajstić information content (AvgIpc) is 2.57. The summed E-state index contributed by atoms with van der Waals surface area (Å²) in [4.78, 5) is 24.3. The van der Waals surface area contributed by atoms with E-state index in [0.29, 0.717) is 0 Å². The number of carbonyl (C=O) groups is 2. The van der Waals surface area contributed by atoms with Gasteiger partial charge in [0.05, 0.1) is 33.0 Å². The predicted octanol–water partition coefficient (Wildman–Crippen LogP) is -1.10. The second-order valence-corrected chi connectivity index (χ2v) is 3.71. The Morgan fingerprint density at radius 2 is 1.65 bits per heavy atom. The Morgan fingerprint density at radius 1 is 1.18 bits per heavy atom. The second kappa shape index (κ2) is 6.53. The average molecular weight is 246 g/mol. The Morgan fingerprint density at radius 3 is 1.82 bits per heavy atom. The van der Waals surface area contributed by atoms with Crippen LogP contribution in [-0.4, -0.2) is 80.0 Å². The number of urea groups is 1. The molecule has 0 aromatic heterocycles. The molecule has 1 atom stereocenters. The molecule has 1 unspecified atom stereocenters. The molecule has 0 aliphatic carbocycles. The van der Waals surface area contributed by atoms with Gasteiger partial charge in [0.15, 0.2) is 0 Å². The molecule has 98 valence electrons. The molecule has 2 fully saturated rings. The van der Waals surface area contributed by atoms with Crippen molar-refractivity contribution in [1.29, 1.82) is 0 Å². The molecule has 0 spiro atoms. The number of ether oxygens (including phenoxy) is 2. The highest BCUT2D eigenvalue weighted by Gasteiger charge is 2.39. The summed E-state index contributed by atoms with van der Waals surface area (Å²) in [7, 11) is 2.89. The van der Waals surface area contributed by atoms with Crippen molar-refractivity contribution >= 4 is 11.9 Å². The number of likely N-dealkylation sites (N-methyl/N-ethyl adjacent to an activating group) is 2. The zero-order valence-electron chi connectivity index (χ0n) is 10.1. The number of aliphatic hydroxyl groups is 1. The first-order valence-electron chi connectivity index (χ1n) is 5.40.